The van der Waals surface area contributed by atoms with Crippen molar-refractivity contribution < 1.29 is 24.0 Å². The van der Waals surface area contributed by atoms with Crippen LogP contribution in [-0.2, 0) is 0 Å². The van der Waals surface area contributed by atoms with Gasteiger partial charge >= 0.3 is 23.1 Å². The van der Waals surface area contributed by atoms with Crippen molar-refractivity contribution in [2.45, 2.75) is 0 Å². The van der Waals surface area contributed by atoms with Gasteiger partial charge in [-0.05, 0) is 14.1 Å². The van der Waals surface area contributed by atoms with Gasteiger partial charge in [-0.2, -0.15) is 17.7 Å². The van der Waals surface area contributed by atoms with Crippen LogP contribution in [0.2, 0.25) is 0 Å². The summed E-state index contributed by atoms with van der Waals surface area (Å²) < 4.78 is 0. The van der Waals surface area contributed by atoms with E-state index in [0.29, 0.717) is 0 Å². The molecule has 12 heavy (non-hydrogen) atoms. The standard InChI is InChI=1S/C9H12N.HI.Mg/c1-10(2)8-9-6-4-3-5-7-9;;/h3-8H,1-2H3;1H;/q-1;;+2/p-1. The van der Waals surface area contributed by atoms with Crippen molar-refractivity contribution in [2.24, 2.45) is 0 Å². The van der Waals surface area contributed by atoms with Crippen LogP contribution in [0.3, 0.4) is 0 Å². The smallest absolute Gasteiger partial charge is 1.00 e. The molecule has 0 radical (unpaired) electrons. The fourth-order valence-electron chi connectivity index (χ4n) is 0.837. The van der Waals surface area contributed by atoms with Crippen molar-refractivity contribution >= 4 is 23.1 Å². The molecule has 0 atom stereocenters. The molecule has 0 N–H and O–H groups in total. The zero-order valence-electron chi connectivity index (χ0n) is 7.50. The van der Waals surface area contributed by atoms with E-state index in [1.54, 1.807) is 0 Å². The Morgan fingerprint density at radius 1 is 1.08 bits per heavy atom. The first-order valence-corrected chi connectivity index (χ1v) is 3.35. The Hall–Kier alpha value is 0.546. The third kappa shape index (κ3) is 6.11. The van der Waals surface area contributed by atoms with Gasteiger partial charge in [-0.1, -0.05) is 6.07 Å². The third-order valence-corrected chi connectivity index (χ3v) is 1.21. The molecule has 0 unspecified atom stereocenters. The summed E-state index contributed by atoms with van der Waals surface area (Å²) in [5, 5.41) is 0. The second-order valence-electron chi connectivity index (χ2n) is 2.50. The van der Waals surface area contributed by atoms with Crippen LogP contribution in [0.4, 0.5) is 0 Å². The third-order valence-electron chi connectivity index (χ3n) is 1.21. The number of halogens is 1. The fourth-order valence-corrected chi connectivity index (χ4v) is 0.837. The quantitative estimate of drug-likeness (QED) is 0.359. The van der Waals surface area contributed by atoms with Gasteiger partial charge in [0.2, 0.25) is 0 Å². The molecule has 0 fully saturated rings. The average Bonchev–Trinajstić information content (AvgIpc) is 1.88. The SMILES string of the molecule is CN(C)[CH-]c1ccccc1.[I-].[Mg+2]. The minimum atomic E-state index is 0. The Kier molecular flexibility index (Phi) is 10.2. The maximum atomic E-state index is 2.08. The molecule has 1 aromatic carbocycles. The molecule has 1 nitrogen and oxygen atoms in total. The zero-order valence-corrected chi connectivity index (χ0v) is 11.1. The van der Waals surface area contributed by atoms with E-state index in [-0.39, 0.29) is 47.0 Å². The number of benzene rings is 1. The molecule has 0 bridgehead atoms. The van der Waals surface area contributed by atoms with E-state index >= 15 is 0 Å². The fraction of sp³-hybridized carbons (Fsp3) is 0.222. The molecule has 0 aliphatic rings. The summed E-state index contributed by atoms with van der Waals surface area (Å²) in [5.41, 5.74) is 1.24. The summed E-state index contributed by atoms with van der Waals surface area (Å²) in [6, 6.07) is 10.3. The molecule has 1 rings (SSSR count). The molecular weight excluding hydrogens is 273 g/mol. The molecule has 0 saturated carbocycles. The van der Waals surface area contributed by atoms with Crippen molar-refractivity contribution in [1.82, 2.24) is 4.90 Å². The van der Waals surface area contributed by atoms with Gasteiger partial charge in [0.05, 0.1) is 0 Å². The molecule has 0 aliphatic heterocycles. The number of nitrogens with zero attached hydrogens (tertiary/aromatic N) is 1. The summed E-state index contributed by atoms with van der Waals surface area (Å²) in [6.45, 7) is 2.08. The number of hydrogen-bond acceptors (Lipinski definition) is 1. The summed E-state index contributed by atoms with van der Waals surface area (Å²) in [7, 11) is 4.04. The van der Waals surface area contributed by atoms with Gasteiger partial charge in [-0.25, -0.2) is 0 Å². The summed E-state index contributed by atoms with van der Waals surface area (Å²) in [4.78, 5) is 2.04. The predicted octanol–water partition coefficient (Wildman–Crippen LogP) is -1.62. The Morgan fingerprint density at radius 2 is 1.58 bits per heavy atom. The van der Waals surface area contributed by atoms with Gasteiger partial charge < -0.3 is 28.9 Å². The van der Waals surface area contributed by atoms with Crippen molar-refractivity contribution in [1.29, 1.82) is 0 Å². The molecule has 0 amide bonds. The van der Waals surface area contributed by atoms with E-state index in [1.165, 1.54) is 5.56 Å². The molecule has 1 aromatic rings. The average molecular weight is 285 g/mol. The van der Waals surface area contributed by atoms with Gasteiger partial charge in [0.1, 0.15) is 0 Å². The maximum absolute atomic E-state index is 2.08. The topological polar surface area (TPSA) is 3.24 Å². The second-order valence-corrected chi connectivity index (χ2v) is 2.50. The summed E-state index contributed by atoms with van der Waals surface area (Å²) >= 11 is 0. The van der Waals surface area contributed by atoms with Crippen LogP contribution in [0, 0.1) is 6.54 Å². The normalized spacial score (nSPS) is 8.25. The Morgan fingerprint density at radius 3 is 2.00 bits per heavy atom. The van der Waals surface area contributed by atoms with E-state index in [4.69, 9.17) is 0 Å². The second kappa shape index (κ2) is 8.16. The first-order valence-electron chi connectivity index (χ1n) is 3.35. The Labute approximate surface area is 108 Å². The molecule has 62 valence electrons. The molecule has 0 aromatic heterocycles. The first-order chi connectivity index (χ1) is 4.79. The molecule has 0 saturated heterocycles. The van der Waals surface area contributed by atoms with E-state index in [2.05, 4.69) is 18.7 Å². The van der Waals surface area contributed by atoms with Crippen LogP contribution in [0.5, 0.6) is 0 Å². The molecule has 0 heterocycles. The van der Waals surface area contributed by atoms with Crippen LogP contribution >= 0.6 is 0 Å². The minimum absolute atomic E-state index is 0. The van der Waals surface area contributed by atoms with Crippen molar-refractivity contribution in [3.8, 4) is 0 Å². The monoisotopic (exact) mass is 285 g/mol. The molecule has 3 heteroatoms. The Balaban J connectivity index is 0. The van der Waals surface area contributed by atoms with Gasteiger partial charge in [0.15, 0.2) is 0 Å². The van der Waals surface area contributed by atoms with Crippen LogP contribution in [0.25, 0.3) is 0 Å². The summed E-state index contributed by atoms with van der Waals surface area (Å²) in [6.07, 6.45) is 0. The van der Waals surface area contributed by atoms with Crippen molar-refractivity contribution in [2.75, 3.05) is 14.1 Å². The van der Waals surface area contributed by atoms with Crippen molar-refractivity contribution in [3.05, 3.63) is 42.4 Å². The Bertz CT molecular complexity index is 189. The van der Waals surface area contributed by atoms with Gasteiger partial charge in [-0.3, -0.25) is 0 Å². The molecule has 0 aliphatic carbocycles. The van der Waals surface area contributed by atoms with Crippen molar-refractivity contribution in [3.63, 3.8) is 0 Å². The van der Waals surface area contributed by atoms with Crippen LogP contribution in [0.1, 0.15) is 5.56 Å². The number of rotatable bonds is 2. The minimum Gasteiger partial charge on any atom is -1.00 e. The molecular formula is C9H12IMgN. The predicted molar refractivity (Wildman–Crippen MR) is 49.3 cm³/mol. The zero-order chi connectivity index (χ0) is 7.40. The molecule has 0 spiro atoms. The number of hydrogen-bond donors (Lipinski definition) is 0. The van der Waals surface area contributed by atoms with Crippen LogP contribution < -0.4 is 24.0 Å². The van der Waals surface area contributed by atoms with E-state index in [0.717, 1.165) is 0 Å². The summed E-state index contributed by atoms with van der Waals surface area (Å²) in [5.74, 6) is 0. The van der Waals surface area contributed by atoms with E-state index < -0.39 is 0 Å². The first kappa shape index (κ1) is 15.0. The van der Waals surface area contributed by atoms with Gasteiger partial charge in [0, 0.05) is 0 Å². The van der Waals surface area contributed by atoms with E-state index in [1.807, 2.05) is 37.2 Å². The maximum Gasteiger partial charge on any atom is 2.00 e. The van der Waals surface area contributed by atoms with Gasteiger partial charge in [-0.15, -0.1) is 18.7 Å². The van der Waals surface area contributed by atoms with E-state index in [9.17, 15) is 0 Å². The largest absolute Gasteiger partial charge is 2.00 e. The van der Waals surface area contributed by atoms with Gasteiger partial charge in [0.25, 0.3) is 0 Å². The van der Waals surface area contributed by atoms with Crippen LogP contribution in [-0.4, -0.2) is 42.0 Å². The van der Waals surface area contributed by atoms with Crippen LogP contribution in [0.15, 0.2) is 30.3 Å².